The van der Waals surface area contributed by atoms with E-state index in [1.165, 1.54) is 11.1 Å². The fourth-order valence-electron chi connectivity index (χ4n) is 3.65. The summed E-state index contributed by atoms with van der Waals surface area (Å²) in [6, 6.07) is 0. The number of thiol groups is 1. The smallest absolute Gasteiger partial charge is 0.0325 e. The van der Waals surface area contributed by atoms with Gasteiger partial charge in [0.15, 0.2) is 0 Å². The van der Waals surface area contributed by atoms with Gasteiger partial charge in [-0.1, -0.05) is 74.1 Å². The third-order valence-electron chi connectivity index (χ3n) is 5.35. The Balaban J connectivity index is 2.00. The third-order valence-corrected chi connectivity index (χ3v) is 6.06. The lowest BCUT2D eigenvalue weighted by Gasteiger charge is -2.39. The first kappa shape index (κ1) is 15.5. The van der Waals surface area contributed by atoms with Crippen LogP contribution in [0.5, 0.6) is 0 Å². The normalized spacial score (nSPS) is 37.6. The Labute approximate surface area is 139 Å². The summed E-state index contributed by atoms with van der Waals surface area (Å²) in [4.78, 5) is 0. The number of rotatable bonds is 2. The van der Waals surface area contributed by atoms with Crippen LogP contribution in [0.4, 0.5) is 0 Å². The molecule has 0 spiro atoms. The molecule has 0 aromatic heterocycles. The van der Waals surface area contributed by atoms with E-state index < -0.39 is 0 Å². The molecule has 3 aliphatic rings. The van der Waals surface area contributed by atoms with Crippen molar-refractivity contribution in [1.29, 1.82) is 0 Å². The molecular formula is C20H25NS. The van der Waals surface area contributed by atoms with Crippen molar-refractivity contribution in [3.63, 3.8) is 0 Å². The summed E-state index contributed by atoms with van der Waals surface area (Å²) < 4.78 is 0. The van der Waals surface area contributed by atoms with E-state index >= 15 is 0 Å². The second-order valence-electron chi connectivity index (χ2n) is 6.99. The molecule has 0 radical (unpaired) electrons. The van der Waals surface area contributed by atoms with Gasteiger partial charge < -0.3 is 5.73 Å². The summed E-state index contributed by atoms with van der Waals surface area (Å²) in [5.41, 5.74) is 10.2. The van der Waals surface area contributed by atoms with Crippen LogP contribution in [0, 0.1) is 10.8 Å². The van der Waals surface area contributed by atoms with Gasteiger partial charge >= 0.3 is 0 Å². The number of hydrogen-bond acceptors (Lipinski definition) is 2. The van der Waals surface area contributed by atoms with Gasteiger partial charge in [-0.2, -0.15) is 12.6 Å². The molecule has 0 amide bonds. The molecule has 1 nitrogen and oxygen atoms in total. The molecule has 22 heavy (non-hydrogen) atoms. The molecule has 0 bridgehead atoms. The Morgan fingerprint density at radius 3 is 2.55 bits per heavy atom. The summed E-state index contributed by atoms with van der Waals surface area (Å²) in [5.74, 6) is 0. The van der Waals surface area contributed by atoms with Gasteiger partial charge in [-0.25, -0.2) is 0 Å². The Hall–Kier alpha value is -1.41. The molecule has 0 saturated heterocycles. The zero-order valence-corrected chi connectivity index (χ0v) is 14.3. The molecule has 3 unspecified atom stereocenters. The Morgan fingerprint density at radius 2 is 1.86 bits per heavy atom. The average molecular weight is 311 g/mol. The molecule has 3 rings (SSSR count). The van der Waals surface area contributed by atoms with Crippen molar-refractivity contribution in [2.75, 3.05) is 0 Å². The quantitative estimate of drug-likeness (QED) is 0.699. The molecule has 0 aromatic rings. The van der Waals surface area contributed by atoms with E-state index in [4.69, 9.17) is 18.4 Å². The highest BCUT2D eigenvalue weighted by Gasteiger charge is 2.37. The molecule has 116 valence electrons. The van der Waals surface area contributed by atoms with Gasteiger partial charge in [0.05, 0.1) is 0 Å². The van der Waals surface area contributed by atoms with Crippen molar-refractivity contribution in [1.82, 2.24) is 0 Å². The zero-order valence-electron chi connectivity index (χ0n) is 13.4. The minimum atomic E-state index is -0.0195. The Bertz CT molecular complexity index is 647. The van der Waals surface area contributed by atoms with Gasteiger partial charge in [0.1, 0.15) is 0 Å². The molecular weight excluding hydrogens is 286 g/mol. The van der Waals surface area contributed by atoms with Gasteiger partial charge in [-0.05, 0) is 24.8 Å². The monoisotopic (exact) mass is 311 g/mol. The first-order valence-corrected chi connectivity index (χ1v) is 8.56. The van der Waals surface area contributed by atoms with Crippen LogP contribution in [0.1, 0.15) is 33.1 Å². The maximum atomic E-state index is 6.39. The molecule has 0 aliphatic heterocycles. The average Bonchev–Trinajstić information content (AvgIpc) is 2.51. The summed E-state index contributed by atoms with van der Waals surface area (Å²) in [6.07, 6.45) is 22.8. The predicted octanol–water partition coefficient (Wildman–Crippen LogP) is 4.87. The van der Waals surface area contributed by atoms with Crippen molar-refractivity contribution in [2.45, 2.75) is 38.4 Å². The summed E-state index contributed by atoms with van der Waals surface area (Å²) in [5, 5.41) is 0.221. The van der Waals surface area contributed by atoms with Crippen LogP contribution in [0.3, 0.4) is 0 Å². The Morgan fingerprint density at radius 1 is 1.09 bits per heavy atom. The summed E-state index contributed by atoms with van der Waals surface area (Å²) in [7, 11) is 0. The largest absolute Gasteiger partial charge is 0.402 e. The topological polar surface area (TPSA) is 26.0 Å². The van der Waals surface area contributed by atoms with Crippen LogP contribution in [0.25, 0.3) is 0 Å². The van der Waals surface area contributed by atoms with Gasteiger partial charge in [-0.15, -0.1) is 0 Å². The second kappa shape index (κ2) is 5.66. The lowest BCUT2D eigenvalue weighted by molar-refractivity contribution is 0.479. The van der Waals surface area contributed by atoms with E-state index in [-0.39, 0.29) is 16.1 Å². The lowest BCUT2D eigenvalue weighted by Crippen LogP contribution is -2.31. The van der Waals surface area contributed by atoms with E-state index in [9.17, 15) is 0 Å². The molecule has 2 N–H and O–H groups in total. The van der Waals surface area contributed by atoms with Crippen LogP contribution in [0.2, 0.25) is 0 Å². The minimum Gasteiger partial charge on any atom is -0.402 e. The van der Waals surface area contributed by atoms with Gasteiger partial charge in [0, 0.05) is 21.8 Å². The number of nitrogens with two attached hydrogens (primary N) is 1. The van der Waals surface area contributed by atoms with Crippen LogP contribution in [-0.2, 0) is 0 Å². The van der Waals surface area contributed by atoms with E-state index in [2.05, 4.69) is 68.5 Å². The lowest BCUT2D eigenvalue weighted by atomic mass is 9.68. The molecule has 2 heteroatoms. The molecule has 0 heterocycles. The van der Waals surface area contributed by atoms with Crippen molar-refractivity contribution in [2.24, 2.45) is 16.6 Å². The van der Waals surface area contributed by atoms with Crippen LogP contribution >= 0.6 is 12.6 Å². The SMILES string of the molecule is CC1(C2=C(N)CCC(C3(C)C=CC=CC3S)=C2)C=CC=CC1. The maximum absolute atomic E-state index is 6.39. The first-order valence-electron chi connectivity index (χ1n) is 8.04. The highest BCUT2D eigenvalue weighted by Crippen LogP contribution is 2.47. The van der Waals surface area contributed by atoms with E-state index in [0.29, 0.717) is 0 Å². The molecule has 0 fully saturated rings. The highest BCUT2D eigenvalue weighted by atomic mass is 32.1. The summed E-state index contributed by atoms with van der Waals surface area (Å²) in [6.45, 7) is 4.57. The van der Waals surface area contributed by atoms with Crippen LogP contribution in [-0.4, -0.2) is 5.25 Å². The van der Waals surface area contributed by atoms with Crippen molar-refractivity contribution in [3.8, 4) is 0 Å². The number of allylic oxidation sites excluding steroid dienone is 11. The van der Waals surface area contributed by atoms with E-state index in [1.807, 2.05) is 0 Å². The van der Waals surface area contributed by atoms with Gasteiger partial charge in [-0.3, -0.25) is 0 Å². The van der Waals surface area contributed by atoms with Crippen LogP contribution in [0.15, 0.2) is 71.5 Å². The van der Waals surface area contributed by atoms with Gasteiger partial charge in [0.2, 0.25) is 0 Å². The van der Waals surface area contributed by atoms with Gasteiger partial charge in [0.25, 0.3) is 0 Å². The number of hydrogen-bond donors (Lipinski definition) is 2. The van der Waals surface area contributed by atoms with Crippen LogP contribution < -0.4 is 5.73 Å². The van der Waals surface area contributed by atoms with Crippen molar-refractivity contribution >= 4 is 12.6 Å². The molecule has 0 aromatic carbocycles. The third kappa shape index (κ3) is 2.54. The van der Waals surface area contributed by atoms with E-state index in [1.54, 1.807) is 0 Å². The van der Waals surface area contributed by atoms with Crippen molar-refractivity contribution < 1.29 is 0 Å². The maximum Gasteiger partial charge on any atom is 0.0325 e. The highest BCUT2D eigenvalue weighted by molar-refractivity contribution is 7.81. The predicted molar refractivity (Wildman–Crippen MR) is 98.7 cm³/mol. The Kier molecular flexibility index (Phi) is 3.98. The van der Waals surface area contributed by atoms with E-state index in [0.717, 1.165) is 25.0 Å². The standard InChI is InChI=1S/C20H25NS/c1-19(11-5-3-6-12-19)16-14-15(9-10-17(16)21)20(2)13-7-4-8-18(20)22/h3-8,11,13-14,18,22H,9-10,12,21H2,1-2H3. The summed E-state index contributed by atoms with van der Waals surface area (Å²) >= 11 is 4.80. The fourth-order valence-corrected chi connectivity index (χ4v) is 4.00. The first-order chi connectivity index (χ1) is 10.5. The van der Waals surface area contributed by atoms with Crippen molar-refractivity contribution in [3.05, 3.63) is 71.5 Å². The molecule has 0 saturated carbocycles. The fraction of sp³-hybridized carbons (Fsp3) is 0.400. The minimum absolute atomic E-state index is 0.0151. The molecule has 3 atom stereocenters. The molecule has 3 aliphatic carbocycles. The second-order valence-corrected chi connectivity index (χ2v) is 7.55. The zero-order chi connectivity index (χ0) is 15.8.